The van der Waals surface area contributed by atoms with E-state index in [2.05, 4.69) is 12.2 Å². The van der Waals surface area contributed by atoms with Crippen LogP contribution in [-0.4, -0.2) is 129 Å². The number of aliphatic carboxylic acids is 1. The summed E-state index contributed by atoms with van der Waals surface area (Å²) in [6.07, 6.45) is 3.94. The van der Waals surface area contributed by atoms with Crippen LogP contribution in [0.2, 0.25) is 0 Å². The lowest BCUT2D eigenvalue weighted by atomic mass is 10.2. The van der Waals surface area contributed by atoms with Gasteiger partial charge in [0, 0.05) is 26.0 Å². The summed E-state index contributed by atoms with van der Waals surface area (Å²) in [5.74, 6) is -1.42. The first-order chi connectivity index (χ1) is 19.6. The normalized spacial score (nSPS) is 11.0. The van der Waals surface area contributed by atoms with Crippen LogP contribution in [-0.2, 0) is 52.3 Å². The zero-order chi connectivity index (χ0) is 29.4. The Hall–Kier alpha value is -1.87. The highest BCUT2D eigenvalue weighted by Gasteiger charge is 2.04. The number of esters is 1. The van der Waals surface area contributed by atoms with Gasteiger partial charge in [-0.3, -0.25) is 14.4 Å². The van der Waals surface area contributed by atoms with Crippen molar-refractivity contribution in [2.45, 2.75) is 51.9 Å². The van der Waals surface area contributed by atoms with Gasteiger partial charge >= 0.3 is 11.9 Å². The second-order valence-electron chi connectivity index (χ2n) is 8.56. The standard InChI is InChI=1S/C27H51NO12/c1-2-3-4-6-27(32)40-24-23-39-22-21-38-20-19-37-18-17-36-16-15-35-14-13-34-12-11-33-10-5-9-28-25(29)7-8-26(30)31/h2-24H2,1H3,(H,28,29)(H,30,31). The Labute approximate surface area is 238 Å². The number of carbonyl (C=O) groups is 3. The average Bonchev–Trinajstić information content (AvgIpc) is 2.94. The second kappa shape index (κ2) is 31.7. The number of carboxylic acids is 1. The predicted molar refractivity (Wildman–Crippen MR) is 145 cm³/mol. The van der Waals surface area contributed by atoms with E-state index in [0.717, 1.165) is 19.3 Å². The first-order valence-electron chi connectivity index (χ1n) is 14.2. The minimum atomic E-state index is -0.983. The van der Waals surface area contributed by atoms with Crippen molar-refractivity contribution in [2.75, 3.05) is 106 Å². The van der Waals surface area contributed by atoms with Crippen molar-refractivity contribution < 1.29 is 57.4 Å². The van der Waals surface area contributed by atoms with Crippen LogP contribution in [0, 0.1) is 0 Å². The fraction of sp³-hybridized carbons (Fsp3) is 0.889. The smallest absolute Gasteiger partial charge is 0.305 e. The Morgan fingerprint density at radius 1 is 0.525 bits per heavy atom. The molecule has 40 heavy (non-hydrogen) atoms. The van der Waals surface area contributed by atoms with Crippen molar-refractivity contribution in [3.8, 4) is 0 Å². The third-order valence-electron chi connectivity index (χ3n) is 5.06. The Morgan fingerprint density at radius 3 is 1.38 bits per heavy atom. The van der Waals surface area contributed by atoms with E-state index in [1.54, 1.807) is 0 Å². The van der Waals surface area contributed by atoms with Crippen molar-refractivity contribution in [3.05, 3.63) is 0 Å². The van der Waals surface area contributed by atoms with Gasteiger partial charge in [0.25, 0.3) is 0 Å². The molecule has 0 aromatic carbocycles. The topological polar surface area (TPSA) is 157 Å². The third-order valence-corrected chi connectivity index (χ3v) is 5.06. The Bertz CT molecular complexity index is 594. The molecule has 0 radical (unpaired) electrons. The Balaban J connectivity index is 3.12. The number of nitrogens with one attached hydrogen (secondary N) is 1. The zero-order valence-corrected chi connectivity index (χ0v) is 24.2. The van der Waals surface area contributed by atoms with Gasteiger partial charge < -0.3 is 48.3 Å². The summed E-state index contributed by atoms with van der Waals surface area (Å²) >= 11 is 0. The van der Waals surface area contributed by atoms with E-state index in [-0.39, 0.29) is 31.3 Å². The van der Waals surface area contributed by atoms with Gasteiger partial charge in [-0.15, -0.1) is 0 Å². The lowest BCUT2D eigenvalue weighted by Crippen LogP contribution is -2.25. The van der Waals surface area contributed by atoms with Gasteiger partial charge in [0.1, 0.15) is 6.61 Å². The van der Waals surface area contributed by atoms with Crippen LogP contribution in [0.25, 0.3) is 0 Å². The van der Waals surface area contributed by atoms with E-state index < -0.39 is 5.97 Å². The highest BCUT2D eigenvalue weighted by Crippen LogP contribution is 2.00. The van der Waals surface area contributed by atoms with Crippen LogP contribution >= 0.6 is 0 Å². The van der Waals surface area contributed by atoms with E-state index in [1.807, 2.05) is 0 Å². The SMILES string of the molecule is CCCCCC(=O)OCCOCCOCCOCCOCCOCCOCCOCCCNC(=O)CCC(=O)O. The highest BCUT2D eigenvalue weighted by atomic mass is 16.6. The van der Waals surface area contributed by atoms with Gasteiger partial charge in [0.15, 0.2) is 0 Å². The van der Waals surface area contributed by atoms with Crippen LogP contribution in [0.15, 0.2) is 0 Å². The summed E-state index contributed by atoms with van der Waals surface area (Å²) in [6.45, 7) is 9.25. The molecule has 0 bridgehead atoms. The van der Waals surface area contributed by atoms with Crippen LogP contribution in [0.1, 0.15) is 51.9 Å². The maximum absolute atomic E-state index is 11.4. The molecule has 0 saturated carbocycles. The van der Waals surface area contributed by atoms with E-state index in [4.69, 9.17) is 43.0 Å². The lowest BCUT2D eigenvalue weighted by Gasteiger charge is -2.09. The molecule has 1 amide bonds. The molecule has 2 N–H and O–H groups in total. The van der Waals surface area contributed by atoms with Crippen LogP contribution in [0.5, 0.6) is 0 Å². The summed E-state index contributed by atoms with van der Waals surface area (Å²) in [4.78, 5) is 33.1. The van der Waals surface area contributed by atoms with Crippen molar-refractivity contribution in [2.24, 2.45) is 0 Å². The van der Waals surface area contributed by atoms with E-state index in [1.165, 1.54) is 0 Å². The molecule has 0 atom stereocenters. The molecule has 13 heteroatoms. The molecule has 0 heterocycles. The summed E-state index contributed by atoms with van der Waals surface area (Å²) in [6, 6.07) is 0. The van der Waals surface area contributed by atoms with Crippen LogP contribution in [0.4, 0.5) is 0 Å². The Kier molecular flexibility index (Phi) is 30.2. The van der Waals surface area contributed by atoms with E-state index >= 15 is 0 Å². The number of rotatable bonds is 32. The van der Waals surface area contributed by atoms with Gasteiger partial charge in [0.05, 0.1) is 92.3 Å². The van der Waals surface area contributed by atoms with Crippen molar-refractivity contribution in [1.82, 2.24) is 5.32 Å². The molecule has 0 aromatic rings. The van der Waals surface area contributed by atoms with Crippen molar-refractivity contribution >= 4 is 17.8 Å². The van der Waals surface area contributed by atoms with Crippen molar-refractivity contribution in [1.29, 1.82) is 0 Å². The number of hydrogen-bond donors (Lipinski definition) is 2. The largest absolute Gasteiger partial charge is 0.481 e. The van der Waals surface area contributed by atoms with Crippen LogP contribution < -0.4 is 5.32 Å². The molecule has 0 spiro atoms. The summed E-state index contributed by atoms with van der Waals surface area (Å²) in [5, 5.41) is 11.2. The monoisotopic (exact) mass is 581 g/mol. The average molecular weight is 582 g/mol. The Morgan fingerprint density at radius 2 is 0.950 bits per heavy atom. The van der Waals surface area contributed by atoms with Gasteiger partial charge in [-0.05, 0) is 12.8 Å². The van der Waals surface area contributed by atoms with Gasteiger partial charge in [-0.25, -0.2) is 0 Å². The molecule has 0 rings (SSSR count). The molecule has 236 valence electrons. The van der Waals surface area contributed by atoms with E-state index in [0.29, 0.717) is 112 Å². The highest BCUT2D eigenvalue weighted by molar-refractivity contribution is 5.80. The first-order valence-corrected chi connectivity index (χ1v) is 14.2. The minimum Gasteiger partial charge on any atom is -0.481 e. The van der Waals surface area contributed by atoms with E-state index in [9.17, 15) is 14.4 Å². The third kappa shape index (κ3) is 32.3. The number of hydrogen-bond acceptors (Lipinski definition) is 11. The molecule has 0 saturated heterocycles. The summed E-state index contributed by atoms with van der Waals surface area (Å²) in [7, 11) is 0. The maximum Gasteiger partial charge on any atom is 0.305 e. The molecule has 0 aromatic heterocycles. The molecule has 0 aliphatic rings. The second-order valence-corrected chi connectivity index (χ2v) is 8.56. The summed E-state index contributed by atoms with van der Waals surface area (Å²) < 4.78 is 42.9. The number of carbonyl (C=O) groups excluding carboxylic acids is 2. The molecule has 0 aliphatic carbocycles. The quantitative estimate of drug-likeness (QED) is 0.0875. The first kappa shape index (κ1) is 38.1. The fourth-order valence-corrected chi connectivity index (χ4v) is 2.94. The van der Waals surface area contributed by atoms with Gasteiger partial charge in [0.2, 0.25) is 5.91 Å². The minimum absolute atomic E-state index is 0.0100. The molecule has 0 fully saturated rings. The summed E-state index contributed by atoms with van der Waals surface area (Å²) in [5.41, 5.74) is 0. The number of unbranched alkanes of at least 4 members (excludes halogenated alkanes) is 2. The molecule has 13 nitrogen and oxygen atoms in total. The molecular formula is C27H51NO12. The number of carboxylic acid groups (broad SMARTS) is 1. The van der Waals surface area contributed by atoms with Crippen molar-refractivity contribution in [3.63, 3.8) is 0 Å². The molecule has 0 unspecified atom stereocenters. The number of amides is 1. The molecule has 0 aliphatic heterocycles. The number of ether oxygens (including phenoxy) is 8. The van der Waals surface area contributed by atoms with Crippen LogP contribution in [0.3, 0.4) is 0 Å². The van der Waals surface area contributed by atoms with Gasteiger partial charge in [-0.2, -0.15) is 0 Å². The molecular weight excluding hydrogens is 530 g/mol. The predicted octanol–water partition coefficient (Wildman–Crippen LogP) is 1.60. The fourth-order valence-electron chi connectivity index (χ4n) is 2.94. The lowest BCUT2D eigenvalue weighted by molar-refractivity contribution is -0.145. The maximum atomic E-state index is 11.4. The zero-order valence-electron chi connectivity index (χ0n) is 24.2. The van der Waals surface area contributed by atoms with Gasteiger partial charge in [-0.1, -0.05) is 19.8 Å².